The first-order valence-corrected chi connectivity index (χ1v) is 12.0. The number of carbonyl (C=O) groups excluding carboxylic acids is 1. The van der Waals surface area contributed by atoms with Crippen LogP contribution in [0.3, 0.4) is 0 Å². The Balaban J connectivity index is 2.47. The van der Waals surface area contributed by atoms with Gasteiger partial charge in [-0.2, -0.15) is 0 Å². The molecule has 6 heteroatoms. The molecule has 5 nitrogen and oxygen atoms in total. The fourth-order valence-electron chi connectivity index (χ4n) is 3.66. The first-order chi connectivity index (χ1) is 14.1. The average molecular weight is 431 g/mol. The highest BCUT2D eigenvalue weighted by Crippen LogP contribution is 2.27. The fraction of sp³-hybridized carbons (Fsp3) is 0.458. The molecular formula is C24H34N2O3S. The van der Waals surface area contributed by atoms with Gasteiger partial charge in [0.05, 0.1) is 10.6 Å². The van der Waals surface area contributed by atoms with E-state index in [1.54, 1.807) is 36.4 Å². The molecule has 0 radical (unpaired) electrons. The van der Waals surface area contributed by atoms with Gasteiger partial charge in [-0.3, -0.25) is 9.10 Å². The molecule has 0 saturated heterocycles. The van der Waals surface area contributed by atoms with Crippen LogP contribution in [0.2, 0.25) is 0 Å². The minimum atomic E-state index is -3.90. The topological polar surface area (TPSA) is 66.5 Å². The van der Waals surface area contributed by atoms with E-state index in [1.807, 2.05) is 26.0 Å². The van der Waals surface area contributed by atoms with E-state index in [0.29, 0.717) is 12.1 Å². The van der Waals surface area contributed by atoms with E-state index in [-0.39, 0.29) is 35.2 Å². The van der Waals surface area contributed by atoms with Crippen molar-refractivity contribution in [3.05, 3.63) is 59.7 Å². The second-order valence-corrected chi connectivity index (χ2v) is 10.3. The zero-order valence-electron chi connectivity index (χ0n) is 18.8. The highest BCUT2D eigenvalue weighted by atomic mass is 32.2. The first kappa shape index (κ1) is 23.9. The summed E-state index contributed by atoms with van der Waals surface area (Å²) in [5, 5.41) is 3.04. The number of para-hydroxylation sites is 1. The number of carbonyl (C=O) groups is 1. The fourth-order valence-corrected chi connectivity index (χ4v) is 5.11. The Morgan fingerprint density at radius 2 is 1.53 bits per heavy atom. The number of amides is 1. The smallest absolute Gasteiger partial charge is 0.264 e. The minimum absolute atomic E-state index is 0.0251. The largest absolute Gasteiger partial charge is 0.351 e. The summed E-state index contributed by atoms with van der Waals surface area (Å²) in [6, 6.07) is 14.0. The van der Waals surface area contributed by atoms with Crippen LogP contribution in [0.25, 0.3) is 0 Å². The van der Waals surface area contributed by atoms with Crippen molar-refractivity contribution < 1.29 is 13.2 Å². The number of aryl methyl sites for hydroxylation is 2. The molecule has 0 saturated carbocycles. The van der Waals surface area contributed by atoms with E-state index in [9.17, 15) is 13.2 Å². The van der Waals surface area contributed by atoms with Gasteiger partial charge in [0.1, 0.15) is 6.54 Å². The van der Waals surface area contributed by atoms with Gasteiger partial charge in [-0.15, -0.1) is 0 Å². The lowest BCUT2D eigenvalue weighted by molar-refractivity contribution is -0.121. The molecule has 0 aromatic heterocycles. The molecule has 0 fully saturated rings. The van der Waals surface area contributed by atoms with Crippen LogP contribution in [-0.2, 0) is 21.2 Å². The van der Waals surface area contributed by atoms with Crippen molar-refractivity contribution in [2.75, 3.05) is 10.8 Å². The van der Waals surface area contributed by atoms with Gasteiger partial charge in [-0.1, -0.05) is 70.5 Å². The van der Waals surface area contributed by atoms with Gasteiger partial charge in [0, 0.05) is 6.04 Å². The number of nitrogens with zero attached hydrogens (tertiary/aromatic N) is 1. The molecule has 0 aliphatic rings. The molecule has 0 heterocycles. The molecule has 1 amide bonds. The van der Waals surface area contributed by atoms with Crippen LogP contribution in [0.15, 0.2) is 53.4 Å². The number of rotatable bonds is 9. The van der Waals surface area contributed by atoms with E-state index >= 15 is 0 Å². The van der Waals surface area contributed by atoms with Gasteiger partial charge >= 0.3 is 0 Å². The lowest BCUT2D eigenvalue weighted by atomic mass is 9.93. The average Bonchev–Trinajstić information content (AvgIpc) is 2.70. The summed E-state index contributed by atoms with van der Waals surface area (Å²) in [6.07, 6.45) is 0.665. The summed E-state index contributed by atoms with van der Waals surface area (Å²) in [7, 11) is -3.90. The number of nitrogens with one attached hydrogen (secondary N) is 1. The number of hydrogen-bond acceptors (Lipinski definition) is 3. The molecule has 0 aliphatic carbocycles. The lowest BCUT2D eigenvalue weighted by Gasteiger charge is -2.29. The third-order valence-corrected chi connectivity index (χ3v) is 7.08. The third-order valence-electron chi connectivity index (χ3n) is 5.30. The SMILES string of the molecule is CCc1ccccc1N(CC(=O)NC(C(C)C)C(C)C)S(=O)(=O)c1ccc(C)cc1. The highest BCUT2D eigenvalue weighted by molar-refractivity contribution is 7.92. The monoisotopic (exact) mass is 430 g/mol. The van der Waals surface area contributed by atoms with Gasteiger partial charge in [0.15, 0.2) is 0 Å². The summed E-state index contributed by atoms with van der Waals surface area (Å²) in [5.41, 5.74) is 2.40. The predicted molar refractivity (Wildman–Crippen MR) is 123 cm³/mol. The number of anilines is 1. The standard InChI is InChI=1S/C24H34N2O3S/c1-7-20-10-8-9-11-22(20)26(16-23(27)25-24(17(2)3)18(4)5)30(28,29)21-14-12-19(6)13-15-21/h8-15,17-18,24H,7,16H2,1-6H3,(H,25,27). The van der Waals surface area contributed by atoms with Crippen molar-refractivity contribution >= 4 is 21.6 Å². The summed E-state index contributed by atoms with van der Waals surface area (Å²) in [5.74, 6) is 0.196. The molecule has 1 N–H and O–H groups in total. The van der Waals surface area contributed by atoms with Crippen LogP contribution >= 0.6 is 0 Å². The van der Waals surface area contributed by atoms with Gasteiger partial charge in [0.25, 0.3) is 10.0 Å². The molecule has 30 heavy (non-hydrogen) atoms. The lowest BCUT2D eigenvalue weighted by Crippen LogP contribution is -2.48. The van der Waals surface area contributed by atoms with E-state index in [4.69, 9.17) is 0 Å². The third kappa shape index (κ3) is 5.63. The predicted octanol–water partition coefficient (Wildman–Crippen LogP) is 4.55. The van der Waals surface area contributed by atoms with E-state index in [0.717, 1.165) is 11.1 Å². The summed E-state index contributed by atoms with van der Waals surface area (Å²) >= 11 is 0. The molecule has 164 valence electrons. The maximum absolute atomic E-state index is 13.5. The molecule has 0 unspecified atom stereocenters. The zero-order chi connectivity index (χ0) is 22.5. The molecule has 0 spiro atoms. The molecule has 2 aromatic rings. The van der Waals surface area contributed by atoms with Crippen LogP contribution in [-0.4, -0.2) is 26.9 Å². The minimum Gasteiger partial charge on any atom is -0.351 e. The second kappa shape index (κ2) is 10.1. The van der Waals surface area contributed by atoms with Gasteiger partial charge in [-0.25, -0.2) is 8.42 Å². The van der Waals surface area contributed by atoms with Crippen LogP contribution in [0.4, 0.5) is 5.69 Å². The number of sulfonamides is 1. The van der Waals surface area contributed by atoms with Crippen LogP contribution in [0.1, 0.15) is 45.7 Å². The molecular weight excluding hydrogens is 396 g/mol. The molecule has 0 bridgehead atoms. The van der Waals surface area contributed by atoms with Crippen LogP contribution < -0.4 is 9.62 Å². The van der Waals surface area contributed by atoms with E-state index in [1.165, 1.54) is 4.31 Å². The Labute approximate surface area is 181 Å². The van der Waals surface area contributed by atoms with E-state index in [2.05, 4.69) is 33.0 Å². The summed E-state index contributed by atoms with van der Waals surface area (Å²) in [6.45, 7) is 11.8. The van der Waals surface area contributed by atoms with Crippen molar-refractivity contribution in [2.24, 2.45) is 11.8 Å². The Morgan fingerprint density at radius 1 is 0.967 bits per heavy atom. The molecule has 0 atom stereocenters. The Hall–Kier alpha value is -2.34. The summed E-state index contributed by atoms with van der Waals surface area (Å²) < 4.78 is 28.3. The second-order valence-electron chi connectivity index (χ2n) is 8.39. The van der Waals surface area contributed by atoms with Gasteiger partial charge < -0.3 is 5.32 Å². The van der Waals surface area contributed by atoms with Crippen molar-refractivity contribution in [2.45, 2.75) is 58.9 Å². The first-order valence-electron chi connectivity index (χ1n) is 10.5. The highest BCUT2D eigenvalue weighted by Gasteiger charge is 2.30. The van der Waals surface area contributed by atoms with Gasteiger partial charge in [-0.05, 0) is 48.9 Å². The molecule has 0 aliphatic heterocycles. The number of benzene rings is 2. The Kier molecular flexibility index (Phi) is 8.07. The van der Waals surface area contributed by atoms with E-state index < -0.39 is 10.0 Å². The van der Waals surface area contributed by atoms with Crippen LogP contribution in [0, 0.1) is 18.8 Å². The molecule has 2 rings (SSSR count). The van der Waals surface area contributed by atoms with Crippen molar-refractivity contribution in [3.63, 3.8) is 0 Å². The quantitative estimate of drug-likeness (QED) is 0.635. The van der Waals surface area contributed by atoms with Crippen LogP contribution in [0.5, 0.6) is 0 Å². The van der Waals surface area contributed by atoms with Gasteiger partial charge in [0.2, 0.25) is 5.91 Å². The zero-order valence-corrected chi connectivity index (χ0v) is 19.7. The normalized spacial score (nSPS) is 11.9. The summed E-state index contributed by atoms with van der Waals surface area (Å²) in [4.78, 5) is 13.1. The maximum Gasteiger partial charge on any atom is 0.264 e. The number of hydrogen-bond donors (Lipinski definition) is 1. The molecule has 2 aromatic carbocycles. The Bertz CT molecular complexity index is 943. The maximum atomic E-state index is 13.5. The van der Waals surface area contributed by atoms with Crippen molar-refractivity contribution in [3.8, 4) is 0 Å². The van der Waals surface area contributed by atoms with Crippen molar-refractivity contribution in [1.82, 2.24) is 5.32 Å². The van der Waals surface area contributed by atoms with Crippen molar-refractivity contribution in [1.29, 1.82) is 0 Å². The Morgan fingerprint density at radius 3 is 2.07 bits per heavy atom.